The summed E-state index contributed by atoms with van der Waals surface area (Å²) in [5.41, 5.74) is 1.21. The predicted octanol–water partition coefficient (Wildman–Crippen LogP) is 2.53. The minimum atomic E-state index is 0.458. The van der Waals surface area contributed by atoms with Gasteiger partial charge in [-0.2, -0.15) is 0 Å². The van der Waals surface area contributed by atoms with Crippen LogP contribution in [0.4, 0.5) is 0 Å². The number of hydrogen-bond donors (Lipinski definition) is 1. The van der Waals surface area contributed by atoms with Gasteiger partial charge in [0.1, 0.15) is 5.15 Å². The predicted molar refractivity (Wildman–Crippen MR) is 52.3 cm³/mol. The molecule has 2 rings (SSSR count). The van der Waals surface area contributed by atoms with Crippen molar-refractivity contribution >= 4 is 27.5 Å². The molecule has 12 heavy (non-hydrogen) atoms. The summed E-state index contributed by atoms with van der Waals surface area (Å²) in [5, 5.41) is 3.87. The van der Waals surface area contributed by atoms with E-state index in [1.165, 1.54) is 12.0 Å². The molecule has 2 heterocycles. The summed E-state index contributed by atoms with van der Waals surface area (Å²) in [6.45, 7) is 1.09. The van der Waals surface area contributed by atoms with Gasteiger partial charge in [0.15, 0.2) is 0 Å². The van der Waals surface area contributed by atoms with E-state index >= 15 is 0 Å². The number of pyridine rings is 1. The van der Waals surface area contributed by atoms with Gasteiger partial charge < -0.3 is 5.32 Å². The first kappa shape index (κ1) is 8.48. The molecule has 1 unspecified atom stereocenters. The second-order valence-electron chi connectivity index (χ2n) is 2.82. The molecule has 1 N–H and O–H groups in total. The average molecular weight is 248 g/mol. The zero-order valence-corrected chi connectivity index (χ0v) is 8.69. The van der Waals surface area contributed by atoms with E-state index in [1.54, 1.807) is 6.20 Å². The normalized spacial score (nSPS) is 22.0. The number of halogens is 2. The monoisotopic (exact) mass is 246 g/mol. The molecule has 0 aromatic carbocycles. The SMILES string of the molecule is Clc1cc(C2CCN2)c(Br)cn1. The second-order valence-corrected chi connectivity index (χ2v) is 4.07. The molecule has 1 aromatic rings. The third kappa shape index (κ3) is 1.49. The van der Waals surface area contributed by atoms with Gasteiger partial charge in [0, 0.05) is 16.7 Å². The van der Waals surface area contributed by atoms with E-state index < -0.39 is 0 Å². The lowest BCUT2D eigenvalue weighted by Crippen LogP contribution is -2.35. The van der Waals surface area contributed by atoms with Gasteiger partial charge in [-0.3, -0.25) is 0 Å². The Morgan fingerprint density at radius 2 is 2.42 bits per heavy atom. The van der Waals surface area contributed by atoms with Crippen LogP contribution in [0.1, 0.15) is 18.0 Å². The molecule has 0 bridgehead atoms. The number of hydrogen-bond acceptors (Lipinski definition) is 2. The summed E-state index contributed by atoms with van der Waals surface area (Å²) in [7, 11) is 0. The Morgan fingerprint density at radius 3 is 3.00 bits per heavy atom. The third-order valence-corrected chi connectivity index (χ3v) is 2.92. The first-order valence-corrected chi connectivity index (χ1v) is 4.99. The average Bonchev–Trinajstić information content (AvgIpc) is 1.93. The molecule has 1 fully saturated rings. The zero-order valence-electron chi connectivity index (χ0n) is 6.35. The van der Waals surface area contributed by atoms with Gasteiger partial charge in [-0.25, -0.2) is 4.98 Å². The van der Waals surface area contributed by atoms with Crippen molar-refractivity contribution in [1.82, 2.24) is 10.3 Å². The van der Waals surface area contributed by atoms with Crippen LogP contribution in [-0.2, 0) is 0 Å². The molecule has 0 amide bonds. The van der Waals surface area contributed by atoms with Gasteiger partial charge in [0.25, 0.3) is 0 Å². The van der Waals surface area contributed by atoms with Gasteiger partial charge in [0.05, 0.1) is 0 Å². The number of nitrogens with one attached hydrogen (secondary N) is 1. The number of nitrogens with zero attached hydrogens (tertiary/aromatic N) is 1. The van der Waals surface area contributed by atoms with E-state index in [2.05, 4.69) is 26.2 Å². The fourth-order valence-electron chi connectivity index (χ4n) is 1.25. The maximum absolute atomic E-state index is 5.78. The fraction of sp³-hybridized carbons (Fsp3) is 0.375. The van der Waals surface area contributed by atoms with Gasteiger partial charge in [-0.15, -0.1) is 0 Å². The number of rotatable bonds is 1. The maximum atomic E-state index is 5.78. The Hall–Kier alpha value is -0.120. The molecule has 0 spiro atoms. The molecule has 64 valence electrons. The lowest BCUT2D eigenvalue weighted by Gasteiger charge is -2.28. The standard InChI is InChI=1S/C8H8BrClN2/c9-6-4-12-8(10)3-5(6)7-1-2-11-7/h3-4,7,11H,1-2H2. The van der Waals surface area contributed by atoms with Gasteiger partial charge in [0.2, 0.25) is 0 Å². The Labute approximate surface area is 84.5 Å². The molecule has 1 saturated heterocycles. The summed E-state index contributed by atoms with van der Waals surface area (Å²) >= 11 is 9.23. The molecule has 1 aliphatic heterocycles. The smallest absolute Gasteiger partial charge is 0.129 e. The van der Waals surface area contributed by atoms with Crippen LogP contribution in [0.25, 0.3) is 0 Å². The van der Waals surface area contributed by atoms with Crippen molar-refractivity contribution in [2.24, 2.45) is 0 Å². The van der Waals surface area contributed by atoms with Crippen LogP contribution in [0.5, 0.6) is 0 Å². The first-order valence-electron chi connectivity index (χ1n) is 3.81. The van der Waals surface area contributed by atoms with Gasteiger partial charge >= 0.3 is 0 Å². The molecule has 0 radical (unpaired) electrons. The molecule has 0 aliphatic carbocycles. The van der Waals surface area contributed by atoms with E-state index in [9.17, 15) is 0 Å². The fourth-order valence-corrected chi connectivity index (χ4v) is 1.91. The van der Waals surface area contributed by atoms with E-state index in [0.717, 1.165) is 11.0 Å². The molecule has 0 saturated carbocycles. The van der Waals surface area contributed by atoms with Crippen LogP contribution < -0.4 is 5.32 Å². The molecule has 4 heteroatoms. The van der Waals surface area contributed by atoms with Crippen molar-refractivity contribution in [2.45, 2.75) is 12.5 Å². The Bertz CT molecular complexity index is 299. The lowest BCUT2D eigenvalue weighted by molar-refractivity contribution is 0.382. The lowest BCUT2D eigenvalue weighted by atomic mass is 9.99. The van der Waals surface area contributed by atoms with E-state index in [1.807, 2.05) is 6.07 Å². The summed E-state index contributed by atoms with van der Waals surface area (Å²) in [4.78, 5) is 3.97. The van der Waals surface area contributed by atoms with Crippen molar-refractivity contribution < 1.29 is 0 Å². The maximum Gasteiger partial charge on any atom is 0.129 e. The van der Waals surface area contributed by atoms with Crippen LogP contribution in [0.3, 0.4) is 0 Å². The van der Waals surface area contributed by atoms with E-state index in [0.29, 0.717) is 11.2 Å². The van der Waals surface area contributed by atoms with Gasteiger partial charge in [-0.1, -0.05) is 11.6 Å². The zero-order chi connectivity index (χ0) is 8.55. The summed E-state index contributed by atoms with van der Waals surface area (Å²) in [6.07, 6.45) is 2.93. The third-order valence-electron chi connectivity index (χ3n) is 2.05. The highest BCUT2D eigenvalue weighted by molar-refractivity contribution is 9.10. The van der Waals surface area contributed by atoms with E-state index in [-0.39, 0.29) is 0 Å². The molecular weight excluding hydrogens is 239 g/mol. The highest BCUT2D eigenvalue weighted by Crippen LogP contribution is 2.30. The minimum absolute atomic E-state index is 0.458. The van der Waals surface area contributed by atoms with E-state index in [4.69, 9.17) is 11.6 Å². The molecule has 1 atom stereocenters. The summed E-state index contributed by atoms with van der Waals surface area (Å²) < 4.78 is 1.03. The molecule has 1 aliphatic rings. The highest BCUT2D eigenvalue weighted by atomic mass is 79.9. The Morgan fingerprint density at radius 1 is 1.67 bits per heavy atom. The van der Waals surface area contributed by atoms with Crippen LogP contribution in [0.15, 0.2) is 16.7 Å². The van der Waals surface area contributed by atoms with Crippen LogP contribution in [-0.4, -0.2) is 11.5 Å². The quantitative estimate of drug-likeness (QED) is 0.772. The van der Waals surface area contributed by atoms with Crippen LogP contribution >= 0.6 is 27.5 Å². The second kappa shape index (κ2) is 3.32. The minimum Gasteiger partial charge on any atom is -0.310 e. The van der Waals surface area contributed by atoms with Crippen molar-refractivity contribution in [2.75, 3.05) is 6.54 Å². The molecular formula is C8H8BrClN2. The van der Waals surface area contributed by atoms with Crippen molar-refractivity contribution in [1.29, 1.82) is 0 Å². The Kier molecular flexibility index (Phi) is 2.35. The van der Waals surface area contributed by atoms with Gasteiger partial charge in [-0.05, 0) is 40.5 Å². The number of aromatic nitrogens is 1. The molecule has 2 nitrogen and oxygen atoms in total. The van der Waals surface area contributed by atoms with Crippen molar-refractivity contribution in [3.63, 3.8) is 0 Å². The Balaban J connectivity index is 2.34. The summed E-state index contributed by atoms with van der Waals surface area (Å²) in [5.74, 6) is 0. The van der Waals surface area contributed by atoms with Crippen LogP contribution in [0, 0.1) is 0 Å². The molecule has 1 aromatic heterocycles. The first-order chi connectivity index (χ1) is 5.77. The highest BCUT2D eigenvalue weighted by Gasteiger charge is 2.20. The summed E-state index contributed by atoms with van der Waals surface area (Å²) in [6, 6.07) is 2.36. The van der Waals surface area contributed by atoms with Crippen LogP contribution in [0.2, 0.25) is 5.15 Å². The topological polar surface area (TPSA) is 24.9 Å². The van der Waals surface area contributed by atoms with Crippen molar-refractivity contribution in [3.05, 3.63) is 27.5 Å². The van der Waals surface area contributed by atoms with Crippen molar-refractivity contribution in [3.8, 4) is 0 Å². The largest absolute Gasteiger partial charge is 0.310 e.